The minimum Gasteiger partial charge on any atom is -0.350 e. The maximum absolute atomic E-state index is 5.19. The lowest BCUT2D eigenvalue weighted by Crippen LogP contribution is -2.33. The quantitative estimate of drug-likeness (QED) is 0.297. The third-order valence-electron chi connectivity index (χ3n) is 2.52. The first-order valence-corrected chi connectivity index (χ1v) is 5.00. The average molecular weight is 204 g/mol. The Morgan fingerprint density at radius 2 is 2.13 bits per heavy atom. The van der Waals surface area contributed by atoms with E-state index in [1.165, 1.54) is 16.5 Å². The minimum absolute atomic E-state index is 0.614. The summed E-state index contributed by atoms with van der Waals surface area (Å²) < 4.78 is 2.14. The normalized spacial score (nSPS) is 11.1. The molecular formula is C11H16N4. The smallest absolute Gasteiger partial charge is 0.0590 e. The Bertz CT molecular complexity index is 447. The molecule has 0 aliphatic carbocycles. The third kappa shape index (κ3) is 2.02. The van der Waals surface area contributed by atoms with Crippen LogP contribution in [-0.4, -0.2) is 11.2 Å². The second-order valence-corrected chi connectivity index (χ2v) is 3.59. The van der Waals surface area contributed by atoms with Crippen LogP contribution in [-0.2, 0) is 13.6 Å². The average Bonchev–Trinajstić information content (AvgIpc) is 2.58. The Kier molecular flexibility index (Phi) is 3.01. The monoisotopic (exact) mass is 204 g/mol. The molecule has 0 unspecified atom stereocenters. The lowest BCUT2D eigenvalue weighted by molar-refractivity contribution is 0.602. The SMILES string of the molecule is Cn1cc(CNCNN)c2ccccc21. The number of para-hydroxylation sites is 1. The summed E-state index contributed by atoms with van der Waals surface area (Å²) in [6, 6.07) is 8.39. The highest BCUT2D eigenvalue weighted by Crippen LogP contribution is 2.19. The molecule has 1 aromatic carbocycles. The fourth-order valence-corrected chi connectivity index (χ4v) is 1.84. The fraction of sp³-hybridized carbons (Fsp3) is 0.273. The molecular weight excluding hydrogens is 188 g/mol. The van der Waals surface area contributed by atoms with Crippen LogP contribution >= 0.6 is 0 Å². The van der Waals surface area contributed by atoms with Crippen LogP contribution in [0.1, 0.15) is 5.56 Å². The zero-order chi connectivity index (χ0) is 10.7. The first kappa shape index (κ1) is 10.2. The van der Waals surface area contributed by atoms with Crippen molar-refractivity contribution in [1.29, 1.82) is 0 Å². The van der Waals surface area contributed by atoms with Gasteiger partial charge in [0.1, 0.15) is 0 Å². The van der Waals surface area contributed by atoms with E-state index < -0.39 is 0 Å². The van der Waals surface area contributed by atoms with Crippen molar-refractivity contribution in [3.63, 3.8) is 0 Å². The number of fused-ring (bicyclic) bond motifs is 1. The molecule has 4 heteroatoms. The lowest BCUT2D eigenvalue weighted by atomic mass is 10.2. The van der Waals surface area contributed by atoms with Crippen LogP contribution < -0.4 is 16.6 Å². The summed E-state index contributed by atoms with van der Waals surface area (Å²) in [4.78, 5) is 0. The van der Waals surface area contributed by atoms with Crippen molar-refractivity contribution in [2.45, 2.75) is 6.54 Å². The highest BCUT2D eigenvalue weighted by atomic mass is 15.3. The van der Waals surface area contributed by atoms with Crippen molar-refractivity contribution in [3.8, 4) is 0 Å². The predicted octanol–water partition coefficient (Wildman–Crippen LogP) is 0.689. The van der Waals surface area contributed by atoms with Gasteiger partial charge in [-0.3, -0.25) is 11.2 Å². The van der Waals surface area contributed by atoms with Gasteiger partial charge >= 0.3 is 0 Å². The zero-order valence-electron chi connectivity index (χ0n) is 8.83. The van der Waals surface area contributed by atoms with E-state index in [4.69, 9.17) is 5.84 Å². The highest BCUT2D eigenvalue weighted by Gasteiger charge is 2.04. The van der Waals surface area contributed by atoms with Crippen LogP contribution in [0.2, 0.25) is 0 Å². The van der Waals surface area contributed by atoms with E-state index in [0.717, 1.165) is 6.54 Å². The van der Waals surface area contributed by atoms with Gasteiger partial charge in [-0.1, -0.05) is 18.2 Å². The molecule has 1 aromatic heterocycles. The molecule has 4 N–H and O–H groups in total. The van der Waals surface area contributed by atoms with Gasteiger partial charge in [0.2, 0.25) is 0 Å². The number of aromatic nitrogens is 1. The van der Waals surface area contributed by atoms with Crippen LogP contribution in [0.15, 0.2) is 30.5 Å². The number of nitrogens with two attached hydrogens (primary N) is 1. The Balaban J connectivity index is 2.27. The molecule has 0 spiro atoms. The van der Waals surface area contributed by atoms with Gasteiger partial charge in [-0.25, -0.2) is 5.43 Å². The Morgan fingerprint density at radius 1 is 1.33 bits per heavy atom. The third-order valence-corrected chi connectivity index (χ3v) is 2.52. The molecule has 2 aromatic rings. The van der Waals surface area contributed by atoms with Crippen molar-refractivity contribution >= 4 is 10.9 Å². The van der Waals surface area contributed by atoms with E-state index in [0.29, 0.717) is 6.67 Å². The molecule has 0 fully saturated rings. The van der Waals surface area contributed by atoms with Crippen LogP contribution in [0, 0.1) is 0 Å². The topological polar surface area (TPSA) is 55.0 Å². The summed E-state index contributed by atoms with van der Waals surface area (Å²) in [5.74, 6) is 5.19. The first-order chi connectivity index (χ1) is 7.33. The molecule has 0 amide bonds. The van der Waals surface area contributed by atoms with Crippen LogP contribution in [0.5, 0.6) is 0 Å². The van der Waals surface area contributed by atoms with Crippen molar-refractivity contribution in [3.05, 3.63) is 36.0 Å². The number of benzene rings is 1. The second kappa shape index (κ2) is 4.44. The first-order valence-electron chi connectivity index (χ1n) is 5.00. The van der Waals surface area contributed by atoms with E-state index in [1.807, 2.05) is 0 Å². The predicted molar refractivity (Wildman–Crippen MR) is 61.9 cm³/mol. The molecule has 4 nitrogen and oxygen atoms in total. The van der Waals surface area contributed by atoms with Crippen molar-refractivity contribution < 1.29 is 0 Å². The Morgan fingerprint density at radius 3 is 2.93 bits per heavy atom. The zero-order valence-corrected chi connectivity index (χ0v) is 8.83. The lowest BCUT2D eigenvalue weighted by Gasteiger charge is -2.01. The van der Waals surface area contributed by atoms with Crippen molar-refractivity contribution in [2.24, 2.45) is 12.9 Å². The van der Waals surface area contributed by atoms with Gasteiger partial charge in [-0.2, -0.15) is 0 Å². The molecule has 0 atom stereocenters. The minimum atomic E-state index is 0.614. The molecule has 0 aliphatic heterocycles. The summed E-state index contributed by atoms with van der Waals surface area (Å²) >= 11 is 0. The number of aryl methyl sites for hydroxylation is 1. The number of nitrogens with one attached hydrogen (secondary N) is 2. The Labute approximate surface area is 89.0 Å². The van der Waals surface area contributed by atoms with E-state index in [1.54, 1.807) is 0 Å². The van der Waals surface area contributed by atoms with Crippen LogP contribution in [0.4, 0.5) is 0 Å². The van der Waals surface area contributed by atoms with E-state index >= 15 is 0 Å². The van der Waals surface area contributed by atoms with Gasteiger partial charge in [0, 0.05) is 30.7 Å². The molecule has 0 saturated heterocycles. The van der Waals surface area contributed by atoms with Crippen molar-refractivity contribution in [1.82, 2.24) is 15.3 Å². The molecule has 0 radical (unpaired) electrons. The molecule has 1 heterocycles. The van der Waals surface area contributed by atoms with Gasteiger partial charge in [-0.05, 0) is 11.6 Å². The number of hydrogen-bond donors (Lipinski definition) is 3. The number of nitrogens with zero attached hydrogens (tertiary/aromatic N) is 1. The van der Waals surface area contributed by atoms with Gasteiger partial charge < -0.3 is 4.57 Å². The molecule has 0 aliphatic rings. The maximum Gasteiger partial charge on any atom is 0.0590 e. The largest absolute Gasteiger partial charge is 0.350 e. The van der Waals surface area contributed by atoms with Gasteiger partial charge in [0.05, 0.1) is 6.67 Å². The van der Waals surface area contributed by atoms with E-state index in [-0.39, 0.29) is 0 Å². The maximum atomic E-state index is 5.19. The highest BCUT2D eigenvalue weighted by molar-refractivity contribution is 5.83. The molecule has 80 valence electrons. The second-order valence-electron chi connectivity index (χ2n) is 3.59. The summed E-state index contributed by atoms with van der Waals surface area (Å²) in [5, 5.41) is 4.50. The van der Waals surface area contributed by atoms with Crippen molar-refractivity contribution in [2.75, 3.05) is 6.67 Å². The molecule has 2 rings (SSSR count). The molecule has 0 saturated carbocycles. The molecule has 0 bridgehead atoms. The summed E-state index contributed by atoms with van der Waals surface area (Å²) in [6.07, 6.45) is 2.15. The van der Waals surface area contributed by atoms with Gasteiger partial charge in [-0.15, -0.1) is 0 Å². The number of hydrogen-bond acceptors (Lipinski definition) is 3. The van der Waals surface area contributed by atoms with E-state index in [9.17, 15) is 0 Å². The molecule has 15 heavy (non-hydrogen) atoms. The van der Waals surface area contributed by atoms with Gasteiger partial charge in [0.15, 0.2) is 0 Å². The van der Waals surface area contributed by atoms with Crippen LogP contribution in [0.3, 0.4) is 0 Å². The summed E-state index contributed by atoms with van der Waals surface area (Å²) in [6.45, 7) is 1.44. The number of rotatable bonds is 4. The Hall–Kier alpha value is -1.36. The fourth-order valence-electron chi connectivity index (χ4n) is 1.84. The van der Waals surface area contributed by atoms with Gasteiger partial charge in [0.25, 0.3) is 0 Å². The number of hydrazine groups is 1. The van der Waals surface area contributed by atoms with E-state index in [2.05, 4.69) is 52.8 Å². The summed E-state index contributed by atoms with van der Waals surface area (Å²) in [5.41, 5.74) is 5.13. The summed E-state index contributed by atoms with van der Waals surface area (Å²) in [7, 11) is 2.06. The standard InChI is InChI=1S/C11H16N4/c1-15-7-9(6-13-8-14-12)10-4-2-3-5-11(10)15/h2-5,7,13-14H,6,8,12H2,1H3. The van der Waals surface area contributed by atoms with Crippen LogP contribution in [0.25, 0.3) is 10.9 Å².